The van der Waals surface area contributed by atoms with E-state index in [1.165, 1.54) is 25.1 Å². The minimum absolute atomic E-state index is 0.0643. The van der Waals surface area contributed by atoms with Gasteiger partial charge in [-0.15, -0.1) is 0 Å². The van der Waals surface area contributed by atoms with Crippen molar-refractivity contribution in [3.8, 4) is 0 Å². The average molecular weight is 381 g/mol. The van der Waals surface area contributed by atoms with E-state index in [1.54, 1.807) is 17.0 Å². The number of pyridine rings is 1. The number of hydrogen-bond donors (Lipinski definition) is 0. The molecule has 0 radical (unpaired) electrons. The fraction of sp³-hybridized carbons (Fsp3) is 0.368. The lowest BCUT2D eigenvalue weighted by Gasteiger charge is -2.24. The summed E-state index contributed by atoms with van der Waals surface area (Å²) in [4.78, 5) is 20.0. The summed E-state index contributed by atoms with van der Waals surface area (Å²) in [6.45, 7) is 3.60. The van der Waals surface area contributed by atoms with E-state index in [9.17, 15) is 22.4 Å². The number of amides is 1. The second-order valence-corrected chi connectivity index (χ2v) is 6.44. The Kier molecular flexibility index (Phi) is 5.34. The normalized spacial score (nSPS) is 15.6. The van der Waals surface area contributed by atoms with Crippen LogP contribution >= 0.6 is 0 Å². The van der Waals surface area contributed by atoms with Gasteiger partial charge in [-0.1, -0.05) is 0 Å². The van der Waals surface area contributed by atoms with E-state index >= 15 is 0 Å². The maximum Gasteiger partial charge on any atom is 0.433 e. The zero-order valence-corrected chi connectivity index (χ0v) is 14.8. The van der Waals surface area contributed by atoms with E-state index in [2.05, 4.69) is 9.88 Å². The molecule has 1 fully saturated rings. The number of aromatic nitrogens is 1. The summed E-state index contributed by atoms with van der Waals surface area (Å²) < 4.78 is 51.3. The highest BCUT2D eigenvalue weighted by atomic mass is 19.4. The van der Waals surface area contributed by atoms with Gasteiger partial charge in [-0.05, 0) is 49.7 Å². The van der Waals surface area contributed by atoms with E-state index in [4.69, 9.17) is 0 Å². The summed E-state index contributed by atoms with van der Waals surface area (Å²) in [6.07, 6.45) is -3.83. The summed E-state index contributed by atoms with van der Waals surface area (Å²) in [7, 11) is 0. The van der Waals surface area contributed by atoms with Crippen LogP contribution in [0.1, 0.15) is 28.2 Å². The number of aryl methyl sites for hydroxylation is 1. The molecule has 4 nitrogen and oxygen atoms in total. The molecule has 1 aliphatic heterocycles. The maximum atomic E-state index is 13.1. The first-order chi connectivity index (χ1) is 12.8. The second-order valence-electron chi connectivity index (χ2n) is 6.44. The smallest absolute Gasteiger partial charge is 0.370 e. The highest BCUT2D eigenvalue weighted by Crippen LogP contribution is 2.28. The fourth-order valence-corrected chi connectivity index (χ4v) is 3.15. The highest BCUT2D eigenvalue weighted by Gasteiger charge is 2.33. The SMILES string of the molecule is Cc1nc(C(F)(F)F)ccc1C(=O)N1CCCN(c2ccc(F)cc2)CC1. The van der Waals surface area contributed by atoms with E-state index in [0.717, 1.165) is 11.8 Å². The average Bonchev–Trinajstić information content (AvgIpc) is 2.87. The van der Waals surface area contributed by atoms with Crippen LogP contribution in [0.15, 0.2) is 36.4 Å². The van der Waals surface area contributed by atoms with Crippen LogP contribution in [-0.2, 0) is 6.18 Å². The lowest BCUT2D eigenvalue weighted by molar-refractivity contribution is -0.141. The van der Waals surface area contributed by atoms with Gasteiger partial charge in [0, 0.05) is 31.9 Å². The van der Waals surface area contributed by atoms with Crippen molar-refractivity contribution >= 4 is 11.6 Å². The molecule has 0 spiro atoms. The molecule has 0 saturated carbocycles. The molecular weight excluding hydrogens is 362 g/mol. The molecule has 1 aliphatic rings. The van der Waals surface area contributed by atoms with Crippen LogP contribution in [0.5, 0.6) is 0 Å². The van der Waals surface area contributed by atoms with E-state index in [0.29, 0.717) is 32.6 Å². The number of benzene rings is 1. The molecule has 1 saturated heterocycles. The first kappa shape index (κ1) is 19.1. The summed E-state index contributed by atoms with van der Waals surface area (Å²) in [6, 6.07) is 8.19. The Morgan fingerprint density at radius 2 is 1.70 bits per heavy atom. The van der Waals surface area contributed by atoms with E-state index in [1.807, 2.05) is 0 Å². The molecule has 0 unspecified atom stereocenters. The van der Waals surface area contributed by atoms with Crippen LogP contribution in [-0.4, -0.2) is 42.0 Å². The Morgan fingerprint density at radius 3 is 2.33 bits per heavy atom. The molecule has 1 aromatic carbocycles. The van der Waals surface area contributed by atoms with Gasteiger partial charge < -0.3 is 9.80 Å². The van der Waals surface area contributed by atoms with Crippen molar-refractivity contribution in [3.05, 3.63) is 59.2 Å². The lowest BCUT2D eigenvalue weighted by Crippen LogP contribution is -2.35. The third-order valence-corrected chi connectivity index (χ3v) is 4.58. The summed E-state index contributed by atoms with van der Waals surface area (Å²) in [5.41, 5.74) is 0.112. The monoisotopic (exact) mass is 381 g/mol. The molecule has 0 bridgehead atoms. The lowest BCUT2D eigenvalue weighted by atomic mass is 10.1. The second kappa shape index (κ2) is 7.54. The predicted molar refractivity (Wildman–Crippen MR) is 93.1 cm³/mol. The Bertz CT molecular complexity index is 821. The third kappa shape index (κ3) is 4.37. The molecule has 8 heteroatoms. The fourth-order valence-electron chi connectivity index (χ4n) is 3.15. The number of anilines is 1. The molecule has 0 aliphatic carbocycles. The van der Waals surface area contributed by atoms with Crippen LogP contribution in [0.4, 0.5) is 23.2 Å². The number of carbonyl (C=O) groups is 1. The van der Waals surface area contributed by atoms with Gasteiger partial charge in [0.25, 0.3) is 5.91 Å². The van der Waals surface area contributed by atoms with Crippen molar-refractivity contribution in [1.82, 2.24) is 9.88 Å². The Morgan fingerprint density at radius 1 is 1.00 bits per heavy atom. The first-order valence-corrected chi connectivity index (χ1v) is 8.60. The number of alkyl halides is 3. The zero-order valence-electron chi connectivity index (χ0n) is 14.8. The van der Waals surface area contributed by atoms with Crippen LogP contribution in [0, 0.1) is 12.7 Å². The van der Waals surface area contributed by atoms with Crippen LogP contribution in [0.25, 0.3) is 0 Å². The Labute approximate surface area is 154 Å². The van der Waals surface area contributed by atoms with Gasteiger partial charge in [-0.2, -0.15) is 13.2 Å². The maximum absolute atomic E-state index is 13.1. The van der Waals surface area contributed by atoms with Crippen molar-refractivity contribution in [1.29, 1.82) is 0 Å². The van der Waals surface area contributed by atoms with Gasteiger partial charge in [-0.25, -0.2) is 9.37 Å². The van der Waals surface area contributed by atoms with Gasteiger partial charge in [0.15, 0.2) is 0 Å². The Balaban J connectivity index is 1.72. The molecule has 0 atom stereocenters. The molecule has 1 aromatic heterocycles. The molecule has 0 N–H and O–H groups in total. The zero-order chi connectivity index (χ0) is 19.6. The van der Waals surface area contributed by atoms with Crippen LogP contribution in [0.3, 0.4) is 0 Å². The van der Waals surface area contributed by atoms with Crippen molar-refractivity contribution in [2.45, 2.75) is 19.5 Å². The molecule has 144 valence electrons. The van der Waals surface area contributed by atoms with Gasteiger partial charge in [0.05, 0.1) is 11.3 Å². The summed E-state index contributed by atoms with van der Waals surface area (Å²) in [5.74, 6) is -0.634. The van der Waals surface area contributed by atoms with Crippen molar-refractivity contribution in [3.63, 3.8) is 0 Å². The first-order valence-electron chi connectivity index (χ1n) is 8.60. The van der Waals surface area contributed by atoms with Gasteiger partial charge >= 0.3 is 6.18 Å². The molecule has 1 amide bonds. The van der Waals surface area contributed by atoms with Crippen molar-refractivity contribution in [2.75, 3.05) is 31.1 Å². The van der Waals surface area contributed by atoms with Gasteiger partial charge in [-0.3, -0.25) is 4.79 Å². The summed E-state index contributed by atoms with van der Waals surface area (Å²) >= 11 is 0. The highest BCUT2D eigenvalue weighted by molar-refractivity contribution is 5.95. The predicted octanol–water partition coefficient (Wildman–Crippen LogP) is 3.90. The van der Waals surface area contributed by atoms with Crippen molar-refractivity contribution in [2.24, 2.45) is 0 Å². The van der Waals surface area contributed by atoms with Crippen molar-refractivity contribution < 1.29 is 22.4 Å². The number of rotatable bonds is 2. The number of nitrogens with zero attached hydrogens (tertiary/aromatic N) is 3. The van der Waals surface area contributed by atoms with Crippen LogP contribution < -0.4 is 4.90 Å². The quantitative estimate of drug-likeness (QED) is 0.741. The number of hydrogen-bond acceptors (Lipinski definition) is 3. The molecular formula is C19H19F4N3O. The van der Waals surface area contributed by atoms with E-state index in [-0.39, 0.29) is 23.0 Å². The molecule has 27 heavy (non-hydrogen) atoms. The minimum Gasteiger partial charge on any atom is -0.370 e. The molecule has 2 heterocycles. The Hall–Kier alpha value is -2.64. The largest absolute Gasteiger partial charge is 0.433 e. The van der Waals surface area contributed by atoms with Gasteiger partial charge in [0.2, 0.25) is 0 Å². The summed E-state index contributed by atoms with van der Waals surface area (Å²) in [5, 5.41) is 0. The number of carbonyl (C=O) groups excluding carboxylic acids is 1. The molecule has 2 aromatic rings. The third-order valence-electron chi connectivity index (χ3n) is 4.58. The number of halogens is 4. The van der Waals surface area contributed by atoms with Crippen LogP contribution in [0.2, 0.25) is 0 Å². The van der Waals surface area contributed by atoms with Gasteiger partial charge in [0.1, 0.15) is 11.5 Å². The van der Waals surface area contributed by atoms with E-state index < -0.39 is 11.9 Å². The molecule has 3 rings (SSSR count). The topological polar surface area (TPSA) is 36.4 Å². The standard InChI is InChI=1S/C19H19F4N3O/c1-13-16(7-8-17(24-13)19(21,22)23)18(27)26-10-2-9-25(11-12-26)15-5-3-14(20)4-6-15/h3-8H,2,9-12H2,1H3. The minimum atomic E-state index is -4.54.